The topological polar surface area (TPSA) is 134 Å². The van der Waals surface area contributed by atoms with E-state index in [0.717, 1.165) is 24.3 Å². The molecule has 9 nitrogen and oxygen atoms in total. The van der Waals surface area contributed by atoms with Gasteiger partial charge in [0.1, 0.15) is 5.75 Å². The van der Waals surface area contributed by atoms with E-state index in [1.165, 1.54) is 19.3 Å². The zero-order valence-corrected chi connectivity index (χ0v) is 18.0. The van der Waals surface area contributed by atoms with Gasteiger partial charge < -0.3 is 25.6 Å². The second kappa shape index (κ2) is 12.0. The number of nitrogens with zero attached hydrogens (tertiary/aromatic N) is 2. The van der Waals surface area contributed by atoms with Crippen LogP contribution in [0, 0.1) is 0 Å². The Morgan fingerprint density at radius 1 is 0.818 bits per heavy atom. The van der Waals surface area contributed by atoms with Crippen LogP contribution in [0.25, 0.3) is 0 Å². The highest BCUT2D eigenvalue weighted by molar-refractivity contribution is 6.03. The molecule has 1 amide bonds. The molecule has 172 valence electrons. The molecule has 0 spiro atoms. The molecule has 1 aliphatic carbocycles. The highest BCUT2D eigenvalue weighted by Gasteiger charge is 2.15. The van der Waals surface area contributed by atoms with E-state index < -0.39 is 6.16 Å². The molecule has 0 aliphatic heterocycles. The van der Waals surface area contributed by atoms with Crippen LogP contribution in [0.15, 0.2) is 66.7 Å². The van der Waals surface area contributed by atoms with Gasteiger partial charge in [0.2, 0.25) is 0 Å². The molecule has 1 heterocycles. The minimum Gasteiger partial charge on any atom is -0.490 e. The summed E-state index contributed by atoms with van der Waals surface area (Å²) in [6.45, 7) is 0. The molecule has 0 bridgehead atoms. The van der Waals surface area contributed by atoms with Crippen molar-refractivity contribution in [3.8, 4) is 5.75 Å². The summed E-state index contributed by atoms with van der Waals surface area (Å²) >= 11 is 0. The highest BCUT2D eigenvalue weighted by Crippen LogP contribution is 2.23. The summed E-state index contributed by atoms with van der Waals surface area (Å²) in [6.07, 6.45) is 4.43. The van der Waals surface area contributed by atoms with Crippen LogP contribution in [-0.2, 0) is 0 Å². The van der Waals surface area contributed by atoms with Crippen molar-refractivity contribution in [2.75, 3.05) is 10.6 Å². The van der Waals surface area contributed by atoms with Crippen molar-refractivity contribution < 1.29 is 24.5 Å². The quantitative estimate of drug-likeness (QED) is 0.392. The maximum Gasteiger partial charge on any atom is 0.503 e. The molecule has 1 fully saturated rings. The van der Waals surface area contributed by atoms with E-state index in [0.29, 0.717) is 23.3 Å². The Morgan fingerprint density at radius 2 is 1.42 bits per heavy atom. The van der Waals surface area contributed by atoms with Gasteiger partial charge in [-0.05, 0) is 74.2 Å². The van der Waals surface area contributed by atoms with Crippen LogP contribution in [0.5, 0.6) is 5.75 Å². The summed E-state index contributed by atoms with van der Waals surface area (Å²) < 4.78 is 6.01. The molecule has 2 aromatic carbocycles. The van der Waals surface area contributed by atoms with E-state index in [1.54, 1.807) is 24.3 Å². The number of hydrogen-bond acceptors (Lipinski definition) is 6. The summed E-state index contributed by atoms with van der Waals surface area (Å²) in [5, 5.41) is 28.0. The van der Waals surface area contributed by atoms with E-state index in [4.69, 9.17) is 19.7 Å². The number of carboxylic acid groups (broad SMARTS) is 2. The van der Waals surface area contributed by atoms with Crippen molar-refractivity contribution >= 4 is 29.4 Å². The number of aromatic nitrogens is 2. The van der Waals surface area contributed by atoms with E-state index in [9.17, 15) is 4.79 Å². The first-order valence-corrected chi connectivity index (χ1v) is 10.7. The molecule has 4 rings (SSSR count). The van der Waals surface area contributed by atoms with Gasteiger partial charge in [0, 0.05) is 11.3 Å². The van der Waals surface area contributed by atoms with E-state index in [1.807, 2.05) is 42.5 Å². The first kappa shape index (κ1) is 23.5. The number of para-hydroxylation sites is 1. The largest absolute Gasteiger partial charge is 0.503 e. The van der Waals surface area contributed by atoms with Crippen molar-refractivity contribution in [2.24, 2.45) is 0 Å². The molecule has 9 heteroatoms. The smallest absolute Gasteiger partial charge is 0.490 e. The number of nitrogens with one attached hydrogen (secondary N) is 2. The molecule has 0 radical (unpaired) electrons. The Labute approximate surface area is 191 Å². The van der Waals surface area contributed by atoms with E-state index in [-0.39, 0.29) is 5.91 Å². The first-order valence-electron chi connectivity index (χ1n) is 10.7. The molecular formula is C24H26N4O5. The number of rotatable bonds is 6. The minimum absolute atomic E-state index is 0.229. The molecule has 1 aromatic heterocycles. The fourth-order valence-electron chi connectivity index (χ4n) is 3.38. The number of carbonyl (C=O) groups excluding carboxylic acids is 1. The van der Waals surface area contributed by atoms with Gasteiger partial charge in [-0.2, -0.15) is 0 Å². The van der Waals surface area contributed by atoms with Crippen LogP contribution >= 0.6 is 0 Å². The first-order chi connectivity index (χ1) is 16.0. The average molecular weight is 450 g/mol. The zero-order chi connectivity index (χ0) is 23.5. The zero-order valence-electron chi connectivity index (χ0n) is 18.0. The van der Waals surface area contributed by atoms with Gasteiger partial charge in [-0.15, -0.1) is 10.2 Å². The molecule has 33 heavy (non-hydrogen) atoms. The summed E-state index contributed by atoms with van der Waals surface area (Å²) in [6, 6.07) is 20.4. The van der Waals surface area contributed by atoms with Gasteiger partial charge in [0.25, 0.3) is 5.91 Å². The van der Waals surface area contributed by atoms with Crippen molar-refractivity contribution in [3.63, 3.8) is 0 Å². The second-order valence-electron chi connectivity index (χ2n) is 7.43. The Balaban J connectivity index is 0.000000709. The van der Waals surface area contributed by atoms with Gasteiger partial charge in [-0.25, -0.2) is 4.79 Å². The van der Waals surface area contributed by atoms with Gasteiger partial charge in [-0.1, -0.05) is 24.6 Å². The standard InChI is InChI=1S/C23H24N4O2.CH2O3/c28-23(17-11-13-20(14-12-17)29-19-9-5-2-6-10-19)25-22-16-15-21(26-27-22)24-18-7-3-1-4-8-18;2-1(3)4/h1,3-4,7-8,11-16,19H,2,5-6,9-10H2,(H,24,26)(H,25,27,28);(H2,2,3,4). The van der Waals surface area contributed by atoms with Crippen molar-refractivity contribution in [1.29, 1.82) is 0 Å². The summed E-state index contributed by atoms with van der Waals surface area (Å²) in [5.74, 6) is 1.59. The molecular weight excluding hydrogens is 424 g/mol. The van der Waals surface area contributed by atoms with Gasteiger partial charge >= 0.3 is 6.16 Å². The Bertz CT molecular complexity index is 1020. The highest BCUT2D eigenvalue weighted by atomic mass is 16.6. The van der Waals surface area contributed by atoms with Gasteiger partial charge in [0.05, 0.1) is 6.10 Å². The lowest BCUT2D eigenvalue weighted by molar-refractivity contribution is 0.102. The molecule has 0 unspecified atom stereocenters. The average Bonchev–Trinajstić information content (AvgIpc) is 2.82. The van der Waals surface area contributed by atoms with Crippen molar-refractivity contribution in [3.05, 3.63) is 72.3 Å². The van der Waals surface area contributed by atoms with Crippen LogP contribution in [0.4, 0.5) is 22.1 Å². The lowest BCUT2D eigenvalue weighted by Gasteiger charge is -2.23. The van der Waals surface area contributed by atoms with Crippen LogP contribution in [-0.4, -0.2) is 38.6 Å². The molecule has 0 atom stereocenters. The lowest BCUT2D eigenvalue weighted by atomic mass is 9.98. The molecule has 3 aromatic rings. The van der Waals surface area contributed by atoms with Gasteiger partial charge in [0.15, 0.2) is 11.6 Å². The Morgan fingerprint density at radius 3 is 2.03 bits per heavy atom. The maximum atomic E-state index is 12.5. The number of benzene rings is 2. The van der Waals surface area contributed by atoms with Crippen molar-refractivity contribution in [1.82, 2.24) is 10.2 Å². The molecule has 4 N–H and O–H groups in total. The van der Waals surface area contributed by atoms with Gasteiger partial charge in [-0.3, -0.25) is 4.79 Å². The predicted molar refractivity (Wildman–Crippen MR) is 124 cm³/mol. The predicted octanol–water partition coefficient (Wildman–Crippen LogP) is 5.41. The van der Waals surface area contributed by atoms with E-state index >= 15 is 0 Å². The van der Waals surface area contributed by atoms with Crippen LogP contribution in [0.1, 0.15) is 42.5 Å². The van der Waals surface area contributed by atoms with E-state index in [2.05, 4.69) is 20.8 Å². The molecule has 1 aliphatic rings. The third kappa shape index (κ3) is 8.13. The maximum absolute atomic E-state index is 12.5. The molecule has 1 saturated carbocycles. The number of ether oxygens (including phenoxy) is 1. The number of amides is 1. The SMILES string of the molecule is O=C(Nc1ccc(Nc2ccccc2)nn1)c1ccc(OC2CCCCC2)cc1.O=C(O)O. The van der Waals surface area contributed by atoms with Crippen LogP contribution in [0.2, 0.25) is 0 Å². The third-order valence-electron chi connectivity index (χ3n) is 4.92. The van der Waals surface area contributed by atoms with Crippen LogP contribution < -0.4 is 15.4 Å². The fourth-order valence-corrected chi connectivity index (χ4v) is 3.38. The van der Waals surface area contributed by atoms with Crippen molar-refractivity contribution in [2.45, 2.75) is 38.2 Å². The summed E-state index contributed by atoms with van der Waals surface area (Å²) in [4.78, 5) is 21.0. The second-order valence-corrected chi connectivity index (χ2v) is 7.43. The fraction of sp³-hybridized carbons (Fsp3) is 0.250. The van der Waals surface area contributed by atoms with Crippen LogP contribution in [0.3, 0.4) is 0 Å². The minimum atomic E-state index is -1.83. The Kier molecular flexibility index (Phi) is 8.58. The number of carbonyl (C=O) groups is 2. The molecule has 0 saturated heterocycles. The summed E-state index contributed by atoms with van der Waals surface area (Å²) in [7, 11) is 0. The summed E-state index contributed by atoms with van der Waals surface area (Å²) in [5.41, 5.74) is 1.48. The number of hydrogen-bond donors (Lipinski definition) is 4. The Hall–Kier alpha value is -4.14. The number of anilines is 3. The normalized spacial score (nSPS) is 13.2. The lowest BCUT2D eigenvalue weighted by Crippen LogP contribution is -2.19. The third-order valence-corrected chi connectivity index (χ3v) is 4.92. The monoisotopic (exact) mass is 450 g/mol.